The van der Waals surface area contributed by atoms with E-state index in [0.29, 0.717) is 5.92 Å². The van der Waals surface area contributed by atoms with E-state index in [0.717, 1.165) is 42.6 Å². The Morgan fingerprint density at radius 3 is 2.23 bits per heavy atom. The van der Waals surface area contributed by atoms with Gasteiger partial charge in [-0.15, -0.1) is 22.4 Å². The van der Waals surface area contributed by atoms with E-state index in [4.69, 9.17) is 18.5 Å². The Morgan fingerprint density at radius 2 is 1.51 bits per heavy atom. The molecule has 10 rings (SSSR count). The zero-order valence-electron chi connectivity index (χ0n) is 41.0. The van der Waals surface area contributed by atoms with Crippen LogP contribution in [0.25, 0.3) is 58.4 Å². The molecule has 0 fully saturated rings. The zero-order valence-corrected chi connectivity index (χ0v) is 40.3. The van der Waals surface area contributed by atoms with Gasteiger partial charge >= 0.3 is 145 Å². The van der Waals surface area contributed by atoms with Gasteiger partial charge in [-0.05, 0) is 65.2 Å². The first-order valence-electron chi connectivity index (χ1n) is 23.2. The van der Waals surface area contributed by atoms with Crippen LogP contribution in [0.15, 0.2) is 115 Å². The monoisotopic (exact) mass is 1060 g/mol. The Morgan fingerprint density at radius 1 is 0.820 bits per heavy atom. The molecule has 0 saturated carbocycles. The maximum absolute atomic E-state index is 14.7. The number of hydrogen-bond donors (Lipinski definition) is 0. The average molecular weight is 1060 g/mol. The zero-order chi connectivity index (χ0) is 47.0. The molecule has 0 aliphatic carbocycles. The number of benzene rings is 6. The number of halogens is 1. The van der Waals surface area contributed by atoms with Crippen LogP contribution in [-0.2, 0) is 20.1 Å². The first kappa shape index (κ1) is 35.7. The van der Waals surface area contributed by atoms with Crippen LogP contribution in [0.4, 0.5) is 21.5 Å². The van der Waals surface area contributed by atoms with Crippen molar-refractivity contribution in [2.45, 2.75) is 70.8 Å². The quantitative estimate of drug-likeness (QED) is 0.0980. The molecule has 3 aromatic heterocycles. The third-order valence-electron chi connectivity index (χ3n) is 11.3. The van der Waals surface area contributed by atoms with Gasteiger partial charge in [-0.3, -0.25) is 0 Å². The SMILES string of the molecule is Cc1cc(C)c2c(n1)sc1[c-]c(C3[N-]c4ccccc4N3c3c(C(C)C)c4ccccc4c4ccccc34)ccc12.[2H]C([2H])([2H])c1cc(-c2[c-]ccc(C([2H])([2H])[2H])c2F)nc[c]1[Ge]([CH3])([CH3])[CH3].[Ir+3]. The summed E-state index contributed by atoms with van der Waals surface area (Å²) in [5, 5.41) is 12.9. The van der Waals surface area contributed by atoms with E-state index in [9.17, 15) is 4.39 Å². The first-order valence-corrected chi connectivity index (χ1v) is 28.4. The van der Waals surface area contributed by atoms with Crippen LogP contribution in [0.5, 0.6) is 0 Å². The summed E-state index contributed by atoms with van der Waals surface area (Å²) in [7, 11) is 0. The van der Waals surface area contributed by atoms with Crippen LogP contribution in [0.3, 0.4) is 0 Å². The number of hydrogen-bond acceptors (Lipinski definition) is 4. The van der Waals surface area contributed by atoms with E-state index in [1.54, 1.807) is 11.3 Å². The van der Waals surface area contributed by atoms with Gasteiger partial charge in [-0.2, -0.15) is 23.8 Å². The molecule has 306 valence electrons. The molecule has 0 N–H and O–H groups in total. The number of pyridine rings is 2. The Balaban J connectivity index is 0.000000203. The molecule has 1 aliphatic heterocycles. The topological polar surface area (TPSA) is 43.1 Å². The van der Waals surface area contributed by atoms with Crippen LogP contribution >= 0.6 is 11.3 Å². The summed E-state index contributed by atoms with van der Waals surface area (Å²) in [6.07, 6.45) is 1.27. The van der Waals surface area contributed by atoms with E-state index in [2.05, 4.69) is 141 Å². The average Bonchev–Trinajstić information content (AvgIpc) is 3.83. The molecule has 6 aromatic carbocycles. The summed E-state index contributed by atoms with van der Waals surface area (Å²) < 4.78 is 62.1. The first-order chi connectivity index (χ1) is 31.2. The van der Waals surface area contributed by atoms with Gasteiger partial charge in [0.05, 0.1) is 5.69 Å². The van der Waals surface area contributed by atoms with Crippen LogP contribution in [0.1, 0.15) is 67.7 Å². The third kappa shape index (κ3) is 7.69. The van der Waals surface area contributed by atoms with Crippen molar-refractivity contribution in [2.75, 3.05) is 4.90 Å². The minimum Gasteiger partial charge on any atom is 3.00 e. The van der Waals surface area contributed by atoms with Crippen LogP contribution in [0.2, 0.25) is 17.3 Å². The summed E-state index contributed by atoms with van der Waals surface area (Å²) in [5.74, 6) is 5.52. The second kappa shape index (κ2) is 16.7. The van der Waals surface area contributed by atoms with Crippen LogP contribution < -0.4 is 9.30 Å². The summed E-state index contributed by atoms with van der Waals surface area (Å²) in [4.78, 5) is 12.6. The molecule has 1 atom stereocenters. The summed E-state index contributed by atoms with van der Waals surface area (Å²) in [6.45, 7) is 3.89. The number of anilines is 2. The Labute approximate surface area is 387 Å². The molecule has 0 bridgehead atoms. The van der Waals surface area contributed by atoms with Crippen molar-refractivity contribution in [2.24, 2.45) is 0 Å². The minimum absolute atomic E-state index is 0. The van der Waals surface area contributed by atoms with E-state index >= 15 is 0 Å². The second-order valence-electron chi connectivity index (χ2n) is 16.8. The van der Waals surface area contributed by atoms with Gasteiger partial charge in [0.2, 0.25) is 0 Å². The Bertz CT molecular complexity index is 3360. The third-order valence-corrected chi connectivity index (χ3v) is 16.5. The van der Waals surface area contributed by atoms with Crippen molar-refractivity contribution >= 4 is 87.9 Å². The van der Waals surface area contributed by atoms with Crippen LogP contribution in [0, 0.1) is 45.5 Å². The second-order valence-corrected chi connectivity index (χ2v) is 28.4. The number of thiophene rings is 1. The normalized spacial score (nSPS) is 15.6. The fourth-order valence-electron chi connectivity index (χ4n) is 8.62. The van der Waals surface area contributed by atoms with Gasteiger partial charge in [0, 0.05) is 16.8 Å². The molecular formula is C53H48FGeIrN4S. The van der Waals surface area contributed by atoms with Crippen molar-refractivity contribution in [1.82, 2.24) is 9.97 Å². The van der Waals surface area contributed by atoms with E-state index in [1.807, 2.05) is 17.3 Å². The van der Waals surface area contributed by atoms with E-state index in [1.165, 1.54) is 67.5 Å². The molecule has 0 radical (unpaired) electrons. The van der Waals surface area contributed by atoms with Crippen molar-refractivity contribution in [3.05, 3.63) is 172 Å². The molecule has 61 heavy (non-hydrogen) atoms. The fourth-order valence-corrected chi connectivity index (χ4v) is 12.6. The molecule has 0 spiro atoms. The molecule has 0 saturated heterocycles. The number of fused-ring (bicyclic) bond motifs is 7. The number of aromatic nitrogens is 2. The molecular weight excluding hydrogens is 1010 g/mol. The molecule has 9 aromatic rings. The Kier molecular flexibility index (Phi) is 9.79. The minimum atomic E-state index is -2.61. The molecule has 4 heterocycles. The number of rotatable bonds is 5. The summed E-state index contributed by atoms with van der Waals surface area (Å²) in [6, 6.07) is 43.1. The van der Waals surface area contributed by atoms with E-state index < -0.39 is 38.4 Å². The van der Waals surface area contributed by atoms with Crippen LogP contribution in [-0.4, -0.2) is 23.2 Å². The van der Waals surface area contributed by atoms with Gasteiger partial charge in [0.15, 0.2) is 0 Å². The van der Waals surface area contributed by atoms with Crippen molar-refractivity contribution in [1.29, 1.82) is 0 Å². The number of nitrogens with zero attached hydrogens (tertiary/aromatic N) is 4. The largest absolute Gasteiger partial charge is 3.00 e. The summed E-state index contributed by atoms with van der Waals surface area (Å²) in [5.41, 5.74) is 7.80. The maximum Gasteiger partial charge on any atom is 3.00 e. The van der Waals surface area contributed by atoms with Gasteiger partial charge in [0.25, 0.3) is 0 Å². The van der Waals surface area contributed by atoms with Crippen molar-refractivity contribution < 1.29 is 32.7 Å². The number of para-hydroxylation sites is 2. The van der Waals surface area contributed by atoms with E-state index in [-0.39, 0.29) is 43.1 Å². The van der Waals surface area contributed by atoms with Crippen molar-refractivity contribution in [3.63, 3.8) is 0 Å². The predicted molar refractivity (Wildman–Crippen MR) is 256 cm³/mol. The summed E-state index contributed by atoms with van der Waals surface area (Å²) >= 11 is -0.786. The number of aryl methyl sites for hydroxylation is 4. The van der Waals surface area contributed by atoms with Crippen molar-refractivity contribution in [3.8, 4) is 11.3 Å². The fraction of sp³-hybridized carbons (Fsp3) is 0.208. The molecule has 1 aliphatic rings. The Hall–Kier alpha value is -4.92. The standard InChI is InChI=1S/C37H29N3S.C16H19FGeN.Ir/c1-21(2)33-27-13-7-5-11-25(27)26-12-6-8-14-28(26)35(33)40-31-16-10-9-15-30(31)39-36(40)24-17-18-29-32(20-24)41-37-34(29)22(3)19-23(4)38-37;1-11-7-6-8-13(16(11)17)15-9-12(2)14(10-19-15)18(3,4)5;/h5-19,21,36H,1-4H3;6-7,9-10H,1-5H3;/q-2;-1;+3/i;1D3,2D3;. The van der Waals surface area contributed by atoms with Gasteiger partial charge in [-0.1, -0.05) is 90.8 Å². The molecule has 0 amide bonds. The molecule has 8 heteroatoms. The van der Waals surface area contributed by atoms with Gasteiger partial charge < -0.3 is 10.2 Å². The maximum atomic E-state index is 14.7. The van der Waals surface area contributed by atoms with Gasteiger partial charge in [0.1, 0.15) is 4.83 Å². The van der Waals surface area contributed by atoms with Gasteiger partial charge in [-0.25, -0.2) is 4.98 Å². The smallest absolute Gasteiger partial charge is 3.00 e. The predicted octanol–water partition coefficient (Wildman–Crippen LogP) is 15.0. The molecule has 1 unspecified atom stereocenters. The molecule has 4 nitrogen and oxygen atoms in total.